The van der Waals surface area contributed by atoms with Crippen LogP contribution in [-0.2, 0) is 22.2 Å². The van der Waals surface area contributed by atoms with Gasteiger partial charge in [-0.3, -0.25) is 4.99 Å². The maximum absolute atomic E-state index is 13.1. The van der Waals surface area contributed by atoms with Crippen LogP contribution in [0.3, 0.4) is 0 Å². The molecule has 0 heterocycles. The first-order valence-electron chi connectivity index (χ1n) is 8.25. The fraction of sp³-hybridized carbons (Fsp3) is 0.588. The molecule has 0 radical (unpaired) electrons. The number of rotatable bonds is 10. The molecule has 9 heteroatoms. The molecule has 1 aromatic rings. The molecule has 0 saturated heterocycles. The molecular weight excluding hydrogens is 354 g/mol. The maximum Gasteiger partial charge on any atom is 0.416 e. The largest absolute Gasteiger partial charge is 0.416 e. The van der Waals surface area contributed by atoms with Crippen LogP contribution < -0.4 is 10.6 Å². The van der Waals surface area contributed by atoms with Gasteiger partial charge < -0.3 is 20.1 Å². The summed E-state index contributed by atoms with van der Waals surface area (Å²) in [6, 6.07) is 2.62. The summed E-state index contributed by atoms with van der Waals surface area (Å²) in [5.41, 5.74) is -1.04. The van der Waals surface area contributed by atoms with Gasteiger partial charge in [-0.15, -0.1) is 0 Å². The number of unbranched alkanes of at least 4 members (excludes halogenated alkanes) is 1. The van der Waals surface area contributed by atoms with Crippen molar-refractivity contribution >= 4 is 5.96 Å². The van der Waals surface area contributed by atoms with Gasteiger partial charge >= 0.3 is 6.18 Å². The second-order valence-corrected chi connectivity index (χ2v) is 5.46. The number of halogens is 4. The number of guanidine groups is 1. The summed E-state index contributed by atoms with van der Waals surface area (Å²) in [6.07, 6.45) is -2.96. The summed E-state index contributed by atoms with van der Waals surface area (Å²) in [5, 5.41) is 5.82. The van der Waals surface area contributed by atoms with Crippen LogP contribution in [-0.4, -0.2) is 46.5 Å². The van der Waals surface area contributed by atoms with Crippen LogP contribution in [0.25, 0.3) is 0 Å². The lowest BCUT2D eigenvalue weighted by molar-refractivity contribution is -0.138. The molecule has 0 amide bonds. The van der Waals surface area contributed by atoms with Crippen LogP contribution in [0.2, 0.25) is 0 Å². The number of benzene rings is 1. The Hall–Kier alpha value is -1.87. The van der Waals surface area contributed by atoms with E-state index in [0.717, 1.165) is 25.0 Å². The van der Waals surface area contributed by atoms with E-state index in [1.165, 1.54) is 7.05 Å². The molecular formula is C17H25F4N3O2. The summed E-state index contributed by atoms with van der Waals surface area (Å²) in [4.78, 5) is 3.96. The van der Waals surface area contributed by atoms with E-state index >= 15 is 0 Å². The SMILES string of the molecule is CN=C(NCCCCOCCOC)NCc1ccc(F)cc1C(F)(F)F. The summed E-state index contributed by atoms with van der Waals surface area (Å²) in [5.74, 6) is -0.543. The van der Waals surface area contributed by atoms with E-state index in [1.807, 2.05) is 0 Å². The van der Waals surface area contributed by atoms with Gasteiger partial charge in [0.25, 0.3) is 0 Å². The Kier molecular flexibility index (Phi) is 9.97. The Morgan fingerprint density at radius 1 is 1.12 bits per heavy atom. The Morgan fingerprint density at radius 2 is 1.88 bits per heavy atom. The molecule has 0 aromatic heterocycles. The van der Waals surface area contributed by atoms with Crippen molar-refractivity contribution in [3.05, 3.63) is 35.1 Å². The van der Waals surface area contributed by atoms with Gasteiger partial charge in [-0.1, -0.05) is 6.07 Å². The number of ether oxygens (including phenoxy) is 2. The molecule has 148 valence electrons. The van der Waals surface area contributed by atoms with Gasteiger partial charge in [0.1, 0.15) is 5.82 Å². The van der Waals surface area contributed by atoms with E-state index in [-0.39, 0.29) is 12.1 Å². The molecule has 1 rings (SSSR count). The van der Waals surface area contributed by atoms with E-state index in [1.54, 1.807) is 7.11 Å². The van der Waals surface area contributed by atoms with Crippen LogP contribution >= 0.6 is 0 Å². The molecule has 1 aromatic carbocycles. The van der Waals surface area contributed by atoms with E-state index in [4.69, 9.17) is 9.47 Å². The number of nitrogens with zero attached hydrogens (tertiary/aromatic N) is 1. The Morgan fingerprint density at radius 3 is 2.54 bits per heavy atom. The highest BCUT2D eigenvalue weighted by atomic mass is 19.4. The van der Waals surface area contributed by atoms with E-state index in [0.29, 0.717) is 38.4 Å². The molecule has 0 aliphatic carbocycles. The van der Waals surface area contributed by atoms with Crippen LogP contribution in [0.5, 0.6) is 0 Å². The molecule has 0 saturated carbocycles. The summed E-state index contributed by atoms with van der Waals surface area (Å²) >= 11 is 0. The van der Waals surface area contributed by atoms with Gasteiger partial charge in [0, 0.05) is 33.9 Å². The molecule has 0 bridgehead atoms. The van der Waals surface area contributed by atoms with Crippen LogP contribution in [0.1, 0.15) is 24.0 Å². The van der Waals surface area contributed by atoms with Crippen molar-refractivity contribution < 1.29 is 27.0 Å². The number of hydrogen-bond acceptors (Lipinski definition) is 3. The predicted molar refractivity (Wildman–Crippen MR) is 91.5 cm³/mol. The van der Waals surface area contributed by atoms with Gasteiger partial charge in [0.15, 0.2) is 5.96 Å². The Bertz CT molecular complexity index is 565. The van der Waals surface area contributed by atoms with Crippen LogP contribution in [0.15, 0.2) is 23.2 Å². The fourth-order valence-electron chi connectivity index (χ4n) is 2.15. The number of nitrogens with one attached hydrogen (secondary N) is 2. The average molecular weight is 379 g/mol. The van der Waals surface area contributed by atoms with Gasteiger partial charge in [-0.05, 0) is 30.5 Å². The number of hydrogen-bond donors (Lipinski definition) is 2. The van der Waals surface area contributed by atoms with Gasteiger partial charge in [-0.25, -0.2) is 4.39 Å². The van der Waals surface area contributed by atoms with E-state index < -0.39 is 17.6 Å². The molecule has 0 atom stereocenters. The second-order valence-electron chi connectivity index (χ2n) is 5.46. The van der Waals surface area contributed by atoms with Crippen molar-refractivity contribution in [2.24, 2.45) is 4.99 Å². The highest BCUT2D eigenvalue weighted by Crippen LogP contribution is 2.32. The van der Waals surface area contributed by atoms with Crippen molar-refractivity contribution in [3.8, 4) is 0 Å². The highest BCUT2D eigenvalue weighted by Gasteiger charge is 2.33. The Labute approximate surface area is 150 Å². The summed E-state index contributed by atoms with van der Waals surface area (Å²) < 4.78 is 62.2. The molecule has 2 N–H and O–H groups in total. The van der Waals surface area contributed by atoms with Gasteiger partial charge in [-0.2, -0.15) is 13.2 Å². The van der Waals surface area contributed by atoms with Crippen molar-refractivity contribution in [1.29, 1.82) is 0 Å². The van der Waals surface area contributed by atoms with Gasteiger partial charge in [0.2, 0.25) is 0 Å². The zero-order valence-electron chi connectivity index (χ0n) is 15.0. The highest BCUT2D eigenvalue weighted by molar-refractivity contribution is 5.79. The minimum absolute atomic E-state index is 0.0478. The van der Waals surface area contributed by atoms with E-state index in [2.05, 4.69) is 15.6 Å². The lowest BCUT2D eigenvalue weighted by atomic mass is 10.1. The molecule has 0 unspecified atom stereocenters. The van der Waals surface area contributed by atoms with Crippen LogP contribution in [0, 0.1) is 5.82 Å². The monoisotopic (exact) mass is 379 g/mol. The maximum atomic E-state index is 13.1. The zero-order chi connectivity index (χ0) is 19.4. The van der Waals surface area contributed by atoms with E-state index in [9.17, 15) is 17.6 Å². The van der Waals surface area contributed by atoms with Crippen molar-refractivity contribution in [2.45, 2.75) is 25.6 Å². The van der Waals surface area contributed by atoms with Crippen molar-refractivity contribution in [3.63, 3.8) is 0 Å². The summed E-state index contributed by atoms with van der Waals surface area (Å²) in [7, 11) is 3.13. The second kappa shape index (κ2) is 11.7. The third kappa shape index (κ3) is 8.48. The molecule has 0 fully saturated rings. The standard InChI is InChI=1S/C17H25F4N3O2/c1-22-16(23-7-3-4-8-26-10-9-25-2)24-12-13-5-6-14(18)11-15(13)17(19,20)21/h5-6,11H,3-4,7-10,12H2,1-2H3,(H2,22,23,24). The van der Waals surface area contributed by atoms with Gasteiger partial charge in [0.05, 0.1) is 18.8 Å². The summed E-state index contributed by atoms with van der Waals surface area (Å²) in [6.45, 7) is 2.20. The smallest absolute Gasteiger partial charge is 0.382 e. The average Bonchev–Trinajstić information content (AvgIpc) is 2.60. The normalized spacial score (nSPS) is 12.3. The third-order valence-electron chi connectivity index (χ3n) is 3.49. The molecule has 26 heavy (non-hydrogen) atoms. The quantitative estimate of drug-likeness (QED) is 0.284. The predicted octanol–water partition coefficient (Wildman–Crippen LogP) is 2.95. The van der Waals surface area contributed by atoms with Crippen molar-refractivity contribution in [1.82, 2.24) is 10.6 Å². The topological polar surface area (TPSA) is 54.9 Å². The first-order valence-corrected chi connectivity index (χ1v) is 8.25. The molecule has 0 spiro atoms. The molecule has 5 nitrogen and oxygen atoms in total. The number of alkyl halides is 3. The minimum atomic E-state index is -4.61. The first-order chi connectivity index (χ1) is 12.4. The van der Waals surface area contributed by atoms with Crippen molar-refractivity contribution in [2.75, 3.05) is 40.5 Å². The first kappa shape index (κ1) is 22.2. The lowest BCUT2D eigenvalue weighted by Crippen LogP contribution is -2.37. The fourth-order valence-corrected chi connectivity index (χ4v) is 2.15. The number of aliphatic imine (C=N–C) groups is 1. The zero-order valence-corrected chi connectivity index (χ0v) is 15.0. The number of methoxy groups -OCH3 is 1. The van der Waals surface area contributed by atoms with Crippen LogP contribution in [0.4, 0.5) is 17.6 Å². The third-order valence-corrected chi connectivity index (χ3v) is 3.49. The minimum Gasteiger partial charge on any atom is -0.382 e. The lowest BCUT2D eigenvalue weighted by Gasteiger charge is -2.16. The molecule has 0 aliphatic rings. The Balaban J connectivity index is 2.39. The molecule has 0 aliphatic heterocycles.